The van der Waals surface area contributed by atoms with Crippen LogP contribution in [-0.2, 0) is 11.2 Å². The summed E-state index contributed by atoms with van der Waals surface area (Å²) in [4.78, 5) is 27.2. The van der Waals surface area contributed by atoms with Crippen LogP contribution in [0, 0.1) is 5.92 Å². The van der Waals surface area contributed by atoms with Crippen LogP contribution >= 0.6 is 0 Å². The highest BCUT2D eigenvalue weighted by Crippen LogP contribution is 2.32. The first-order chi connectivity index (χ1) is 17.5. The molecule has 1 amide bonds. The summed E-state index contributed by atoms with van der Waals surface area (Å²) in [5.74, 6) is -0.399. The summed E-state index contributed by atoms with van der Waals surface area (Å²) < 4.78 is 5.52. The van der Waals surface area contributed by atoms with Gasteiger partial charge in [-0.2, -0.15) is 0 Å². The van der Waals surface area contributed by atoms with Gasteiger partial charge in [0.2, 0.25) is 5.91 Å². The summed E-state index contributed by atoms with van der Waals surface area (Å²) in [7, 11) is 0. The second-order valence-corrected chi connectivity index (χ2v) is 9.84. The molecule has 1 aliphatic heterocycles. The minimum atomic E-state index is -1.04. The van der Waals surface area contributed by atoms with E-state index >= 15 is 0 Å². The van der Waals surface area contributed by atoms with Gasteiger partial charge in [0.15, 0.2) is 0 Å². The third-order valence-electron chi connectivity index (χ3n) is 7.16. The molecule has 2 aliphatic rings. The monoisotopic (exact) mass is 490 g/mol. The number of amides is 1. The van der Waals surface area contributed by atoms with E-state index in [9.17, 15) is 14.7 Å². The molecule has 6 heteroatoms. The summed E-state index contributed by atoms with van der Waals surface area (Å²) in [5.41, 5.74) is 3.98. The van der Waals surface area contributed by atoms with Crippen molar-refractivity contribution >= 4 is 23.3 Å². The minimum absolute atomic E-state index is 0.106. The van der Waals surface area contributed by atoms with Crippen molar-refractivity contribution in [2.75, 3.05) is 24.6 Å². The lowest BCUT2D eigenvalue weighted by molar-refractivity contribution is -0.119. The number of carbonyl (C=O) groups excluding carboxylic acids is 1. The number of aromatic carboxylic acids is 1. The lowest BCUT2D eigenvalue weighted by atomic mass is 9.87. The van der Waals surface area contributed by atoms with Crippen LogP contribution in [-0.4, -0.2) is 36.7 Å². The van der Waals surface area contributed by atoms with Crippen molar-refractivity contribution in [3.63, 3.8) is 0 Å². The summed E-state index contributed by atoms with van der Waals surface area (Å²) in [6.07, 6.45) is 12.1. The number of carboxylic acid groups (broad SMARTS) is 1. The van der Waals surface area contributed by atoms with Crippen LogP contribution in [0.15, 0.2) is 48.5 Å². The van der Waals surface area contributed by atoms with Crippen molar-refractivity contribution in [2.24, 2.45) is 5.92 Å². The van der Waals surface area contributed by atoms with Gasteiger partial charge in [0, 0.05) is 30.0 Å². The topological polar surface area (TPSA) is 78.9 Å². The van der Waals surface area contributed by atoms with Crippen molar-refractivity contribution in [3.8, 4) is 5.75 Å². The van der Waals surface area contributed by atoms with Gasteiger partial charge in [0.05, 0.1) is 13.0 Å². The number of hydrogen-bond donors (Lipinski definition) is 2. The number of carboxylic acids is 1. The Morgan fingerprint density at radius 2 is 1.72 bits per heavy atom. The molecule has 0 atom stereocenters. The minimum Gasteiger partial charge on any atom is -0.493 e. The van der Waals surface area contributed by atoms with Crippen LogP contribution in [0.4, 0.5) is 5.69 Å². The highest BCUT2D eigenvalue weighted by Gasteiger charge is 2.20. The van der Waals surface area contributed by atoms with E-state index < -0.39 is 5.97 Å². The molecule has 2 aromatic rings. The molecule has 0 bridgehead atoms. The molecule has 36 heavy (non-hydrogen) atoms. The zero-order chi connectivity index (χ0) is 25.3. The number of ether oxygens (including phenoxy) is 1. The number of carbonyl (C=O) groups is 2. The van der Waals surface area contributed by atoms with Crippen molar-refractivity contribution in [1.29, 1.82) is 0 Å². The van der Waals surface area contributed by atoms with Gasteiger partial charge in [-0.3, -0.25) is 4.79 Å². The zero-order valence-electron chi connectivity index (χ0n) is 21.3. The predicted octanol–water partition coefficient (Wildman–Crippen LogP) is 6.05. The highest BCUT2D eigenvalue weighted by atomic mass is 16.5. The third kappa shape index (κ3) is 6.68. The quantitative estimate of drug-likeness (QED) is 0.447. The van der Waals surface area contributed by atoms with E-state index in [1.807, 2.05) is 13.0 Å². The van der Waals surface area contributed by atoms with E-state index in [-0.39, 0.29) is 17.9 Å². The Morgan fingerprint density at radius 1 is 1.00 bits per heavy atom. The summed E-state index contributed by atoms with van der Waals surface area (Å²) in [5, 5.41) is 12.7. The van der Waals surface area contributed by atoms with Gasteiger partial charge in [-0.05, 0) is 68.7 Å². The van der Waals surface area contributed by atoms with Crippen molar-refractivity contribution in [3.05, 3.63) is 65.2 Å². The molecule has 192 valence electrons. The maximum absolute atomic E-state index is 13.3. The molecule has 1 aliphatic carbocycles. The van der Waals surface area contributed by atoms with Crippen LogP contribution in [0.3, 0.4) is 0 Å². The molecule has 0 aromatic heterocycles. The lowest BCUT2D eigenvalue weighted by Gasteiger charge is -2.31. The summed E-state index contributed by atoms with van der Waals surface area (Å²) >= 11 is 0. The van der Waals surface area contributed by atoms with Gasteiger partial charge in [-0.25, -0.2) is 4.79 Å². The smallest absolute Gasteiger partial charge is 0.339 e. The number of allylic oxidation sites excluding steroid dienone is 1. The molecule has 0 spiro atoms. The van der Waals surface area contributed by atoms with Crippen LogP contribution < -0.4 is 15.0 Å². The van der Waals surface area contributed by atoms with E-state index in [0.717, 1.165) is 42.8 Å². The number of hydrogen-bond acceptors (Lipinski definition) is 4. The highest BCUT2D eigenvalue weighted by molar-refractivity contribution is 5.92. The molecular formula is C30H38N2O4. The normalized spacial score (nSPS) is 17.0. The Balaban J connectivity index is 1.59. The largest absolute Gasteiger partial charge is 0.493 e. The molecule has 1 saturated carbocycles. The Hall–Kier alpha value is -3.28. The molecule has 2 aromatic carbocycles. The summed E-state index contributed by atoms with van der Waals surface area (Å²) in [6, 6.07) is 13.3. The van der Waals surface area contributed by atoms with E-state index in [0.29, 0.717) is 18.3 Å². The van der Waals surface area contributed by atoms with Crippen LogP contribution in [0.1, 0.15) is 79.8 Å². The fraction of sp³-hybridized carbons (Fsp3) is 0.467. The second-order valence-electron chi connectivity index (χ2n) is 9.84. The average molecular weight is 491 g/mol. The van der Waals surface area contributed by atoms with E-state index in [1.165, 1.54) is 50.3 Å². The van der Waals surface area contributed by atoms with Gasteiger partial charge in [-0.1, -0.05) is 49.6 Å². The van der Waals surface area contributed by atoms with Crippen LogP contribution in [0.25, 0.3) is 5.70 Å². The Labute approximate surface area is 214 Å². The maximum atomic E-state index is 13.3. The first-order valence-electron chi connectivity index (χ1n) is 13.4. The molecule has 6 nitrogen and oxygen atoms in total. The van der Waals surface area contributed by atoms with Gasteiger partial charge < -0.3 is 20.1 Å². The van der Waals surface area contributed by atoms with E-state index in [2.05, 4.69) is 34.5 Å². The van der Waals surface area contributed by atoms with Gasteiger partial charge in [0.25, 0.3) is 0 Å². The Morgan fingerprint density at radius 3 is 2.44 bits per heavy atom. The van der Waals surface area contributed by atoms with Crippen LogP contribution in [0.5, 0.6) is 5.75 Å². The molecule has 2 N–H and O–H groups in total. The van der Waals surface area contributed by atoms with Crippen molar-refractivity contribution in [1.82, 2.24) is 5.32 Å². The molecule has 4 rings (SSSR count). The molecular weight excluding hydrogens is 452 g/mol. The van der Waals surface area contributed by atoms with Crippen molar-refractivity contribution < 1.29 is 19.4 Å². The number of para-hydroxylation sites is 1. The van der Waals surface area contributed by atoms with Gasteiger partial charge in [0.1, 0.15) is 11.3 Å². The molecule has 1 heterocycles. The number of piperidine rings is 1. The number of nitrogens with one attached hydrogen (secondary N) is 1. The Kier molecular flexibility index (Phi) is 9.04. The first-order valence-corrected chi connectivity index (χ1v) is 13.4. The van der Waals surface area contributed by atoms with E-state index in [1.54, 1.807) is 12.1 Å². The fourth-order valence-corrected chi connectivity index (χ4v) is 5.36. The number of benzene rings is 2. The van der Waals surface area contributed by atoms with Crippen molar-refractivity contribution in [2.45, 2.75) is 64.7 Å². The van der Waals surface area contributed by atoms with Gasteiger partial charge in [-0.15, -0.1) is 0 Å². The molecule has 1 saturated heterocycles. The summed E-state index contributed by atoms with van der Waals surface area (Å²) in [6.45, 7) is 4.25. The van der Waals surface area contributed by atoms with E-state index in [4.69, 9.17) is 4.74 Å². The Bertz CT molecular complexity index is 1080. The third-order valence-corrected chi connectivity index (χ3v) is 7.16. The predicted molar refractivity (Wildman–Crippen MR) is 143 cm³/mol. The average Bonchev–Trinajstić information content (AvgIpc) is 2.89. The SMILES string of the molecule is CCOc1cc(CC(=O)N/C(=C/C2CCCCC2)c2ccccc2N2CCCCC2)ccc1C(=O)O. The van der Waals surface area contributed by atoms with Crippen LogP contribution in [0.2, 0.25) is 0 Å². The number of anilines is 1. The second kappa shape index (κ2) is 12.6. The first kappa shape index (κ1) is 25.8. The maximum Gasteiger partial charge on any atom is 0.339 e. The standard InChI is InChI=1S/C30H38N2O4/c1-2-36-28-20-23(15-16-25(28)30(34)35)21-29(33)31-26(19-22-11-5-3-6-12-22)24-13-7-8-14-27(24)32-17-9-4-10-18-32/h7-8,13-16,19-20,22H,2-6,9-12,17-18,21H2,1H3,(H,31,33)(H,34,35)/b26-19+. The molecule has 0 radical (unpaired) electrons. The number of rotatable bonds is 9. The lowest BCUT2D eigenvalue weighted by Crippen LogP contribution is -2.31. The zero-order valence-corrected chi connectivity index (χ0v) is 21.3. The van der Waals surface area contributed by atoms with Gasteiger partial charge >= 0.3 is 5.97 Å². The molecule has 2 fully saturated rings. The number of nitrogens with zero attached hydrogens (tertiary/aromatic N) is 1. The fourth-order valence-electron chi connectivity index (χ4n) is 5.36. The molecule has 0 unspecified atom stereocenters.